The summed E-state index contributed by atoms with van der Waals surface area (Å²) in [5.74, 6) is 0. The first-order valence-corrected chi connectivity index (χ1v) is 15.1. The number of carbonyl (C=O) groups is 1. The summed E-state index contributed by atoms with van der Waals surface area (Å²) in [6.45, 7) is 0. The van der Waals surface area contributed by atoms with E-state index >= 15 is 0 Å². The summed E-state index contributed by atoms with van der Waals surface area (Å²) < 4.78 is 54.8. The lowest BCUT2D eigenvalue weighted by Crippen LogP contribution is -2.22. The molecule has 194 valence electrons. The van der Waals surface area contributed by atoms with Crippen molar-refractivity contribution in [1.29, 1.82) is 5.26 Å². The number of thiophene rings is 1. The number of urea groups is 1. The first-order valence-electron chi connectivity index (χ1n) is 10.5. The molecule has 0 saturated heterocycles. The van der Waals surface area contributed by atoms with E-state index in [1.54, 1.807) is 12.1 Å². The molecule has 4 aromatic rings. The zero-order valence-electron chi connectivity index (χ0n) is 19.0. The number of nitrogens with zero attached hydrogens (tertiary/aromatic N) is 1. The van der Waals surface area contributed by atoms with E-state index in [0.717, 1.165) is 0 Å². The molecule has 0 spiro atoms. The van der Waals surface area contributed by atoms with Crippen LogP contribution < -0.4 is 15.4 Å². The standard InChI is InChI=1S/C24H16Cl2N4O5S3/c25-17-7-4-8-19(22(17)26)29-24(31)28-18-10-9-15(14-27)13-20(18)30-38(34,35)23-21(11-12-36-23)37(32,33)16-5-2-1-3-6-16/h1-13,30H,(H2,28,29,31). The second-order valence-electron chi connectivity index (χ2n) is 7.55. The van der Waals surface area contributed by atoms with Crippen LogP contribution in [0.4, 0.5) is 21.9 Å². The van der Waals surface area contributed by atoms with Crippen LogP contribution in [0.2, 0.25) is 10.0 Å². The van der Waals surface area contributed by atoms with E-state index in [9.17, 15) is 26.9 Å². The second-order valence-corrected chi connectivity index (χ2v) is 13.0. The summed E-state index contributed by atoms with van der Waals surface area (Å²) >= 11 is 12.8. The molecule has 0 bridgehead atoms. The smallest absolute Gasteiger partial charge is 0.306 e. The summed E-state index contributed by atoms with van der Waals surface area (Å²) in [6, 6.07) is 18.3. The van der Waals surface area contributed by atoms with Gasteiger partial charge in [-0.1, -0.05) is 47.5 Å². The first kappa shape index (κ1) is 27.4. The van der Waals surface area contributed by atoms with E-state index in [1.165, 1.54) is 66.0 Å². The molecule has 4 rings (SSSR count). The Bertz CT molecular complexity index is 1790. The van der Waals surface area contributed by atoms with Gasteiger partial charge in [0.1, 0.15) is 4.90 Å². The lowest BCUT2D eigenvalue weighted by atomic mass is 10.2. The summed E-state index contributed by atoms with van der Waals surface area (Å²) in [7, 11) is -8.63. The number of sulfone groups is 1. The molecule has 3 aromatic carbocycles. The second kappa shape index (κ2) is 11.0. The van der Waals surface area contributed by atoms with Gasteiger partial charge >= 0.3 is 6.03 Å². The maximum absolute atomic E-state index is 13.4. The van der Waals surface area contributed by atoms with Crippen LogP contribution in [0.1, 0.15) is 5.56 Å². The monoisotopic (exact) mass is 606 g/mol. The molecule has 0 aliphatic heterocycles. The average Bonchev–Trinajstić information content (AvgIpc) is 3.41. The maximum Gasteiger partial charge on any atom is 0.323 e. The van der Waals surface area contributed by atoms with E-state index < -0.39 is 35.0 Å². The Labute approximate surface area is 232 Å². The van der Waals surface area contributed by atoms with E-state index in [4.69, 9.17) is 23.2 Å². The minimum absolute atomic E-state index is 0.00718. The highest BCUT2D eigenvalue weighted by Gasteiger charge is 2.30. The van der Waals surface area contributed by atoms with Crippen molar-refractivity contribution in [2.45, 2.75) is 14.0 Å². The normalized spacial score (nSPS) is 11.4. The van der Waals surface area contributed by atoms with Gasteiger partial charge in [-0.2, -0.15) is 5.26 Å². The highest BCUT2D eigenvalue weighted by atomic mass is 35.5. The molecule has 0 atom stereocenters. The van der Waals surface area contributed by atoms with Crippen molar-refractivity contribution in [1.82, 2.24) is 0 Å². The Morgan fingerprint density at radius 2 is 1.55 bits per heavy atom. The zero-order chi connectivity index (χ0) is 27.5. The highest BCUT2D eigenvalue weighted by molar-refractivity contribution is 7.96. The number of hydrogen-bond acceptors (Lipinski definition) is 7. The zero-order valence-corrected chi connectivity index (χ0v) is 22.9. The number of amides is 2. The Kier molecular flexibility index (Phi) is 7.96. The number of nitrogens with one attached hydrogen (secondary N) is 3. The van der Waals surface area contributed by atoms with Crippen LogP contribution in [0.25, 0.3) is 0 Å². The van der Waals surface area contributed by atoms with Crippen molar-refractivity contribution < 1.29 is 21.6 Å². The van der Waals surface area contributed by atoms with Gasteiger partial charge in [0.15, 0.2) is 4.21 Å². The number of halogens is 2. The third kappa shape index (κ3) is 5.77. The number of benzene rings is 3. The molecule has 0 unspecified atom stereocenters. The summed E-state index contributed by atoms with van der Waals surface area (Å²) in [5.41, 5.74) is 0.136. The molecule has 1 aromatic heterocycles. The molecule has 0 aliphatic carbocycles. The topological polar surface area (TPSA) is 145 Å². The van der Waals surface area contributed by atoms with Crippen molar-refractivity contribution >= 4 is 77.5 Å². The quantitative estimate of drug-likeness (QED) is 0.228. The van der Waals surface area contributed by atoms with Gasteiger partial charge < -0.3 is 10.6 Å². The van der Waals surface area contributed by atoms with Crippen LogP contribution in [-0.2, 0) is 19.9 Å². The molecule has 38 heavy (non-hydrogen) atoms. The molecule has 3 N–H and O–H groups in total. The van der Waals surface area contributed by atoms with Crippen LogP contribution in [-0.4, -0.2) is 22.9 Å². The molecule has 0 aliphatic rings. The number of hydrogen-bond donors (Lipinski definition) is 3. The Morgan fingerprint density at radius 1 is 0.842 bits per heavy atom. The number of anilines is 3. The van der Waals surface area contributed by atoms with Crippen LogP contribution in [0.5, 0.6) is 0 Å². The predicted molar refractivity (Wildman–Crippen MR) is 147 cm³/mol. The molecular weight excluding hydrogens is 591 g/mol. The van der Waals surface area contributed by atoms with Crippen LogP contribution in [0.3, 0.4) is 0 Å². The molecule has 0 fully saturated rings. The Morgan fingerprint density at radius 3 is 2.26 bits per heavy atom. The number of sulfonamides is 1. The fourth-order valence-corrected chi connectivity index (χ4v) is 8.28. The van der Waals surface area contributed by atoms with E-state index in [0.29, 0.717) is 11.3 Å². The number of nitriles is 1. The molecule has 14 heteroatoms. The van der Waals surface area contributed by atoms with Gasteiger partial charge in [0.2, 0.25) is 9.84 Å². The van der Waals surface area contributed by atoms with Gasteiger partial charge in [0, 0.05) is 0 Å². The van der Waals surface area contributed by atoms with E-state index in [1.807, 2.05) is 6.07 Å². The Balaban J connectivity index is 1.66. The summed E-state index contributed by atoms with van der Waals surface area (Å²) in [6.07, 6.45) is 0. The van der Waals surface area contributed by atoms with Gasteiger partial charge in [-0.3, -0.25) is 4.72 Å². The molecular formula is C24H16Cl2N4O5S3. The van der Waals surface area contributed by atoms with Gasteiger partial charge in [-0.15, -0.1) is 11.3 Å². The van der Waals surface area contributed by atoms with Gasteiger partial charge in [-0.05, 0) is 53.9 Å². The van der Waals surface area contributed by atoms with Gasteiger partial charge in [0.25, 0.3) is 10.0 Å². The van der Waals surface area contributed by atoms with Crippen LogP contribution >= 0.6 is 34.5 Å². The fourth-order valence-electron chi connectivity index (χ4n) is 3.28. The third-order valence-corrected chi connectivity index (χ3v) is 10.8. The summed E-state index contributed by atoms with van der Waals surface area (Å²) in [4.78, 5) is 12.2. The summed E-state index contributed by atoms with van der Waals surface area (Å²) in [5, 5.41) is 16.0. The predicted octanol–water partition coefficient (Wildman–Crippen LogP) is 6.20. The van der Waals surface area contributed by atoms with Crippen molar-refractivity contribution in [2.24, 2.45) is 0 Å². The SMILES string of the molecule is N#Cc1ccc(NC(=O)Nc2cccc(Cl)c2Cl)c(NS(=O)(=O)c2sccc2S(=O)(=O)c2ccccc2)c1. The molecule has 9 nitrogen and oxygen atoms in total. The van der Waals surface area contributed by atoms with E-state index in [2.05, 4.69) is 15.4 Å². The van der Waals surface area contributed by atoms with E-state index in [-0.39, 0.29) is 37.6 Å². The Hall–Kier alpha value is -3.60. The minimum Gasteiger partial charge on any atom is -0.306 e. The minimum atomic E-state index is -4.48. The molecule has 0 radical (unpaired) electrons. The van der Waals surface area contributed by atoms with Crippen molar-refractivity contribution in [2.75, 3.05) is 15.4 Å². The highest BCUT2D eigenvalue weighted by Crippen LogP contribution is 2.35. The average molecular weight is 608 g/mol. The number of carbonyl (C=O) groups excluding carboxylic acids is 1. The molecule has 1 heterocycles. The van der Waals surface area contributed by atoms with Gasteiger partial charge in [0.05, 0.1) is 43.6 Å². The maximum atomic E-state index is 13.4. The lowest BCUT2D eigenvalue weighted by molar-refractivity contribution is 0.262. The van der Waals surface area contributed by atoms with Crippen molar-refractivity contribution in [3.05, 3.63) is 93.8 Å². The first-order chi connectivity index (χ1) is 18.0. The molecule has 2 amide bonds. The van der Waals surface area contributed by atoms with Crippen molar-refractivity contribution in [3.8, 4) is 6.07 Å². The lowest BCUT2D eigenvalue weighted by Gasteiger charge is -2.15. The van der Waals surface area contributed by atoms with Gasteiger partial charge in [-0.25, -0.2) is 21.6 Å². The van der Waals surface area contributed by atoms with Crippen LogP contribution in [0, 0.1) is 11.3 Å². The van der Waals surface area contributed by atoms with Crippen LogP contribution in [0.15, 0.2) is 92.2 Å². The third-order valence-electron chi connectivity index (χ3n) is 5.02. The fraction of sp³-hybridized carbons (Fsp3) is 0. The largest absolute Gasteiger partial charge is 0.323 e. The van der Waals surface area contributed by atoms with Crippen molar-refractivity contribution in [3.63, 3.8) is 0 Å². The number of rotatable bonds is 7. The molecule has 0 saturated carbocycles.